The Morgan fingerprint density at radius 3 is 2.83 bits per heavy atom. The van der Waals surface area contributed by atoms with Crippen LogP contribution >= 0.6 is 50.1 Å². The van der Waals surface area contributed by atoms with E-state index in [4.69, 9.17) is 11.6 Å². The highest BCUT2D eigenvalue weighted by Crippen LogP contribution is 2.24. The number of halogens is 3. The fraction of sp³-hybridized carbons (Fsp3) is 0.462. The van der Waals surface area contributed by atoms with Crippen molar-refractivity contribution in [2.75, 3.05) is 0 Å². The first kappa shape index (κ1) is 14.6. The summed E-state index contributed by atoms with van der Waals surface area (Å²) in [5.41, 5.74) is 0.677. The minimum absolute atomic E-state index is 0.0436. The van der Waals surface area contributed by atoms with Gasteiger partial charge in [-0.25, -0.2) is 0 Å². The van der Waals surface area contributed by atoms with E-state index in [0.29, 0.717) is 5.56 Å². The Bertz CT molecular complexity index is 455. The van der Waals surface area contributed by atoms with Crippen molar-refractivity contribution in [1.82, 2.24) is 5.32 Å². The van der Waals surface area contributed by atoms with E-state index < -0.39 is 0 Å². The molecule has 1 amide bonds. The smallest absolute Gasteiger partial charge is 0.252 e. The molecule has 1 fully saturated rings. The number of benzene rings is 1. The lowest BCUT2D eigenvalue weighted by atomic mass is 9.94. The standard InChI is InChI=1S/C13H14BrClINO/c14-10-6-5-8(16)7-9(10)13(18)17-12-4-2-1-3-11(12)15/h5-7,11-12H,1-4H2,(H,17,18). The summed E-state index contributed by atoms with van der Waals surface area (Å²) in [7, 11) is 0. The van der Waals surface area contributed by atoms with Crippen molar-refractivity contribution in [3.63, 3.8) is 0 Å². The van der Waals surface area contributed by atoms with Crippen molar-refractivity contribution >= 4 is 56.0 Å². The number of carbonyl (C=O) groups excluding carboxylic acids is 1. The van der Waals surface area contributed by atoms with Gasteiger partial charge in [-0.3, -0.25) is 4.79 Å². The molecule has 2 nitrogen and oxygen atoms in total. The lowest BCUT2D eigenvalue weighted by Crippen LogP contribution is -2.42. The Kier molecular flexibility index (Phi) is 5.33. The largest absolute Gasteiger partial charge is 0.348 e. The van der Waals surface area contributed by atoms with Crippen LogP contribution in [0.1, 0.15) is 36.0 Å². The Hall–Kier alpha value is 0.190. The third-order valence-corrected chi connectivity index (χ3v) is 5.06. The molecule has 98 valence electrons. The minimum atomic E-state index is -0.0436. The van der Waals surface area contributed by atoms with Gasteiger partial charge in [0.25, 0.3) is 5.91 Å². The number of amides is 1. The maximum atomic E-state index is 12.2. The molecule has 0 radical (unpaired) electrons. The van der Waals surface area contributed by atoms with E-state index in [0.717, 1.165) is 33.7 Å². The van der Waals surface area contributed by atoms with Gasteiger partial charge in [0.15, 0.2) is 0 Å². The van der Waals surface area contributed by atoms with Crippen LogP contribution in [0.2, 0.25) is 0 Å². The molecular formula is C13H14BrClINO. The van der Waals surface area contributed by atoms with Crippen LogP contribution < -0.4 is 5.32 Å². The Morgan fingerprint density at radius 1 is 1.39 bits per heavy atom. The summed E-state index contributed by atoms with van der Waals surface area (Å²) in [6.45, 7) is 0. The molecule has 1 saturated carbocycles. The lowest BCUT2D eigenvalue weighted by Gasteiger charge is -2.28. The molecular weight excluding hydrogens is 428 g/mol. The summed E-state index contributed by atoms with van der Waals surface area (Å²) in [6, 6.07) is 5.84. The van der Waals surface area contributed by atoms with Crippen molar-refractivity contribution in [2.24, 2.45) is 0 Å². The monoisotopic (exact) mass is 441 g/mol. The third-order valence-electron chi connectivity index (χ3n) is 3.17. The summed E-state index contributed by atoms with van der Waals surface area (Å²) in [5.74, 6) is -0.0436. The van der Waals surface area contributed by atoms with E-state index >= 15 is 0 Å². The first-order chi connectivity index (χ1) is 8.58. The third kappa shape index (κ3) is 3.61. The number of nitrogens with one attached hydrogen (secondary N) is 1. The van der Waals surface area contributed by atoms with Gasteiger partial charge in [-0.05, 0) is 69.6 Å². The normalized spacial score (nSPS) is 23.7. The molecule has 18 heavy (non-hydrogen) atoms. The predicted molar refractivity (Wildman–Crippen MR) is 86.2 cm³/mol. The van der Waals surface area contributed by atoms with Gasteiger partial charge >= 0.3 is 0 Å². The maximum Gasteiger partial charge on any atom is 0.252 e. The maximum absolute atomic E-state index is 12.2. The van der Waals surface area contributed by atoms with Gasteiger partial charge in [-0.1, -0.05) is 12.8 Å². The molecule has 2 unspecified atom stereocenters. The minimum Gasteiger partial charge on any atom is -0.348 e. The molecule has 0 bridgehead atoms. The van der Waals surface area contributed by atoms with Crippen LogP contribution in [-0.4, -0.2) is 17.3 Å². The predicted octanol–water partition coefficient (Wildman–Crippen LogP) is 4.33. The van der Waals surface area contributed by atoms with E-state index in [2.05, 4.69) is 43.8 Å². The van der Waals surface area contributed by atoms with Crippen LogP contribution in [0, 0.1) is 3.57 Å². The number of hydrogen-bond donors (Lipinski definition) is 1. The van der Waals surface area contributed by atoms with Gasteiger partial charge in [-0.2, -0.15) is 0 Å². The zero-order valence-corrected chi connectivity index (χ0v) is 14.3. The number of rotatable bonds is 2. The molecule has 1 aromatic rings. The fourth-order valence-electron chi connectivity index (χ4n) is 2.17. The van der Waals surface area contributed by atoms with Gasteiger partial charge in [0.2, 0.25) is 0 Å². The molecule has 1 aromatic carbocycles. The van der Waals surface area contributed by atoms with Crippen LogP contribution in [0.15, 0.2) is 22.7 Å². The summed E-state index contributed by atoms with van der Waals surface area (Å²) in [5, 5.41) is 3.11. The van der Waals surface area contributed by atoms with E-state index in [1.54, 1.807) is 0 Å². The zero-order chi connectivity index (χ0) is 13.1. The van der Waals surface area contributed by atoms with Crippen molar-refractivity contribution in [1.29, 1.82) is 0 Å². The van der Waals surface area contributed by atoms with Gasteiger partial charge in [0.1, 0.15) is 0 Å². The average Bonchev–Trinajstić information content (AvgIpc) is 2.35. The molecule has 0 aliphatic heterocycles. The van der Waals surface area contributed by atoms with Crippen molar-refractivity contribution < 1.29 is 4.79 Å². The molecule has 0 saturated heterocycles. The molecule has 0 spiro atoms. The Morgan fingerprint density at radius 2 is 2.11 bits per heavy atom. The lowest BCUT2D eigenvalue weighted by molar-refractivity contribution is 0.0928. The summed E-state index contributed by atoms with van der Waals surface area (Å²) >= 11 is 11.9. The van der Waals surface area contributed by atoms with Crippen LogP contribution in [-0.2, 0) is 0 Å². The molecule has 5 heteroatoms. The first-order valence-electron chi connectivity index (χ1n) is 5.98. The second-order valence-electron chi connectivity index (χ2n) is 4.50. The molecule has 2 rings (SSSR count). The number of carbonyl (C=O) groups is 1. The highest BCUT2D eigenvalue weighted by Gasteiger charge is 2.25. The van der Waals surface area contributed by atoms with E-state index in [-0.39, 0.29) is 17.3 Å². The van der Waals surface area contributed by atoms with E-state index in [9.17, 15) is 4.79 Å². The molecule has 0 aromatic heterocycles. The van der Waals surface area contributed by atoms with E-state index in [1.807, 2.05) is 18.2 Å². The average molecular weight is 443 g/mol. The molecule has 0 heterocycles. The first-order valence-corrected chi connectivity index (χ1v) is 8.29. The van der Waals surface area contributed by atoms with Crippen LogP contribution in [0.25, 0.3) is 0 Å². The van der Waals surface area contributed by atoms with Gasteiger partial charge in [-0.15, -0.1) is 11.6 Å². The van der Waals surface area contributed by atoms with Crippen LogP contribution in [0.3, 0.4) is 0 Å². The van der Waals surface area contributed by atoms with Crippen molar-refractivity contribution in [3.8, 4) is 0 Å². The topological polar surface area (TPSA) is 29.1 Å². The molecule has 1 aliphatic carbocycles. The van der Waals surface area contributed by atoms with Gasteiger partial charge < -0.3 is 5.32 Å². The summed E-state index contributed by atoms with van der Waals surface area (Å²) in [6.07, 6.45) is 4.26. The quantitative estimate of drug-likeness (QED) is 0.536. The summed E-state index contributed by atoms with van der Waals surface area (Å²) in [4.78, 5) is 12.2. The van der Waals surface area contributed by atoms with Crippen LogP contribution in [0.5, 0.6) is 0 Å². The highest BCUT2D eigenvalue weighted by molar-refractivity contribution is 14.1. The van der Waals surface area contributed by atoms with Gasteiger partial charge in [0, 0.05) is 14.1 Å². The number of alkyl halides is 1. The van der Waals surface area contributed by atoms with E-state index in [1.165, 1.54) is 0 Å². The molecule has 2 atom stereocenters. The van der Waals surface area contributed by atoms with Crippen molar-refractivity contribution in [2.45, 2.75) is 37.1 Å². The number of hydrogen-bond acceptors (Lipinski definition) is 1. The van der Waals surface area contributed by atoms with Crippen molar-refractivity contribution in [3.05, 3.63) is 31.8 Å². The Labute approximate surface area is 134 Å². The second-order valence-corrected chi connectivity index (χ2v) is 7.17. The second kappa shape index (κ2) is 6.57. The van der Waals surface area contributed by atoms with Crippen LogP contribution in [0.4, 0.5) is 0 Å². The zero-order valence-electron chi connectivity index (χ0n) is 9.76. The highest BCUT2D eigenvalue weighted by atomic mass is 127. The summed E-state index contributed by atoms with van der Waals surface area (Å²) < 4.78 is 1.87. The SMILES string of the molecule is O=C(NC1CCCCC1Cl)c1cc(I)ccc1Br. The van der Waals surface area contributed by atoms with Gasteiger partial charge in [0.05, 0.1) is 10.9 Å². The molecule has 1 N–H and O–H groups in total. The fourth-order valence-corrected chi connectivity index (χ4v) is 3.43. The Balaban J connectivity index is 2.09. The molecule has 1 aliphatic rings.